The SMILES string of the molecule is CC(C)(CO)[C@@H](O)C(=O)NCCC(=O)O.N. The lowest BCUT2D eigenvalue weighted by atomic mass is 9.87. The van der Waals surface area contributed by atoms with Crippen molar-refractivity contribution >= 4 is 11.9 Å². The summed E-state index contributed by atoms with van der Waals surface area (Å²) in [4.78, 5) is 21.4. The van der Waals surface area contributed by atoms with Crippen LogP contribution in [0, 0.1) is 5.41 Å². The summed E-state index contributed by atoms with van der Waals surface area (Å²) in [6.07, 6.45) is -1.55. The van der Waals surface area contributed by atoms with Gasteiger partial charge >= 0.3 is 5.97 Å². The molecule has 7 nitrogen and oxygen atoms in total. The second-order valence-electron chi connectivity index (χ2n) is 3.98. The summed E-state index contributed by atoms with van der Waals surface area (Å²) in [5.41, 5.74) is -0.937. The quantitative estimate of drug-likeness (QED) is 0.405. The molecule has 0 fully saturated rings. The van der Waals surface area contributed by atoms with Crippen LogP contribution in [0.25, 0.3) is 0 Å². The number of hydrogen-bond donors (Lipinski definition) is 5. The maximum absolute atomic E-state index is 11.3. The standard InChI is InChI=1S/C9H17NO5.H3N/c1-9(2,5-11)7(14)8(15)10-4-3-6(12)13;/h7,11,14H,3-5H2,1-2H3,(H,10,15)(H,12,13);1H3/t7-;/m0./s1. The van der Waals surface area contributed by atoms with E-state index in [0.717, 1.165) is 0 Å². The Kier molecular flexibility index (Phi) is 7.70. The van der Waals surface area contributed by atoms with Crippen molar-refractivity contribution in [1.29, 1.82) is 0 Å². The Morgan fingerprint density at radius 1 is 1.38 bits per heavy atom. The van der Waals surface area contributed by atoms with Gasteiger partial charge in [-0.1, -0.05) is 13.8 Å². The first-order valence-corrected chi connectivity index (χ1v) is 4.59. The Labute approximate surface area is 94.1 Å². The van der Waals surface area contributed by atoms with Gasteiger partial charge in [0.1, 0.15) is 6.10 Å². The lowest BCUT2D eigenvalue weighted by Crippen LogP contribution is -2.45. The van der Waals surface area contributed by atoms with Crippen LogP contribution in [0.15, 0.2) is 0 Å². The van der Waals surface area contributed by atoms with Crippen LogP contribution < -0.4 is 11.5 Å². The van der Waals surface area contributed by atoms with Crippen LogP contribution in [0.5, 0.6) is 0 Å². The van der Waals surface area contributed by atoms with Crippen molar-refractivity contribution in [1.82, 2.24) is 11.5 Å². The number of aliphatic carboxylic acids is 1. The van der Waals surface area contributed by atoms with Crippen LogP contribution in [0.1, 0.15) is 20.3 Å². The topological polar surface area (TPSA) is 142 Å². The smallest absolute Gasteiger partial charge is 0.305 e. The van der Waals surface area contributed by atoms with Crippen LogP contribution in [0.3, 0.4) is 0 Å². The van der Waals surface area contributed by atoms with Gasteiger partial charge in [0.25, 0.3) is 0 Å². The van der Waals surface area contributed by atoms with Crippen molar-refractivity contribution in [3.63, 3.8) is 0 Å². The fourth-order valence-electron chi connectivity index (χ4n) is 0.831. The van der Waals surface area contributed by atoms with E-state index in [1.807, 2.05) is 0 Å². The van der Waals surface area contributed by atoms with E-state index in [0.29, 0.717) is 0 Å². The molecule has 0 unspecified atom stereocenters. The fourth-order valence-corrected chi connectivity index (χ4v) is 0.831. The first-order chi connectivity index (χ1) is 6.81. The van der Waals surface area contributed by atoms with Crippen molar-refractivity contribution in [2.45, 2.75) is 26.4 Å². The number of aliphatic hydroxyl groups excluding tert-OH is 2. The number of aliphatic hydroxyl groups is 2. The summed E-state index contributed by atoms with van der Waals surface area (Å²) < 4.78 is 0. The van der Waals surface area contributed by atoms with Gasteiger partial charge in [-0.3, -0.25) is 9.59 Å². The molecule has 0 aromatic carbocycles. The number of carboxylic acids is 1. The zero-order chi connectivity index (χ0) is 12.1. The van der Waals surface area contributed by atoms with Crippen molar-refractivity contribution < 1.29 is 24.9 Å². The Balaban J connectivity index is 0. The summed E-state index contributed by atoms with van der Waals surface area (Å²) in [6, 6.07) is 0. The third kappa shape index (κ3) is 5.64. The molecule has 7 heteroatoms. The Bertz CT molecular complexity index is 242. The van der Waals surface area contributed by atoms with Crippen molar-refractivity contribution in [3.05, 3.63) is 0 Å². The van der Waals surface area contributed by atoms with Crippen molar-refractivity contribution in [2.24, 2.45) is 5.41 Å². The maximum Gasteiger partial charge on any atom is 0.305 e. The van der Waals surface area contributed by atoms with Crippen LogP contribution in [-0.2, 0) is 9.59 Å². The average Bonchev–Trinajstić information content (AvgIpc) is 2.15. The number of nitrogens with one attached hydrogen (secondary N) is 1. The number of carboxylic acid groups (broad SMARTS) is 1. The Morgan fingerprint density at radius 3 is 2.25 bits per heavy atom. The fraction of sp³-hybridized carbons (Fsp3) is 0.778. The highest BCUT2D eigenvalue weighted by Gasteiger charge is 2.32. The van der Waals surface area contributed by atoms with E-state index in [9.17, 15) is 14.7 Å². The molecule has 16 heavy (non-hydrogen) atoms. The molecule has 0 saturated heterocycles. The number of carbonyl (C=O) groups is 2. The van der Waals surface area contributed by atoms with E-state index in [4.69, 9.17) is 10.2 Å². The largest absolute Gasteiger partial charge is 0.481 e. The van der Waals surface area contributed by atoms with Gasteiger partial charge in [-0.25, -0.2) is 0 Å². The molecule has 0 heterocycles. The zero-order valence-electron chi connectivity index (χ0n) is 9.56. The highest BCUT2D eigenvalue weighted by molar-refractivity contribution is 5.81. The third-order valence-corrected chi connectivity index (χ3v) is 2.03. The van der Waals surface area contributed by atoms with Crippen LogP contribution >= 0.6 is 0 Å². The average molecular weight is 236 g/mol. The van der Waals surface area contributed by atoms with Gasteiger partial charge in [-0.2, -0.15) is 0 Å². The molecule has 0 saturated carbocycles. The first-order valence-electron chi connectivity index (χ1n) is 4.59. The molecule has 96 valence electrons. The van der Waals surface area contributed by atoms with E-state index in [-0.39, 0.29) is 25.7 Å². The van der Waals surface area contributed by atoms with Crippen LogP contribution in [-0.4, -0.2) is 46.5 Å². The molecule has 1 amide bonds. The molecule has 7 N–H and O–H groups in total. The Hall–Kier alpha value is -1.18. The molecular formula is C9H20N2O5. The minimum absolute atomic E-state index is 0. The number of rotatable bonds is 6. The summed E-state index contributed by atoms with van der Waals surface area (Å²) in [5, 5.41) is 29.0. The molecule has 0 radical (unpaired) electrons. The molecule has 0 aliphatic carbocycles. The minimum atomic E-state index is -1.35. The molecule has 0 rings (SSSR count). The predicted molar refractivity (Wildman–Crippen MR) is 57.2 cm³/mol. The van der Waals surface area contributed by atoms with Crippen LogP contribution in [0.2, 0.25) is 0 Å². The summed E-state index contributed by atoms with van der Waals surface area (Å²) in [5.74, 6) is -1.69. The molecule has 0 aliphatic heterocycles. The minimum Gasteiger partial charge on any atom is -0.481 e. The highest BCUT2D eigenvalue weighted by Crippen LogP contribution is 2.19. The first kappa shape index (κ1) is 17.2. The van der Waals surface area contributed by atoms with Crippen LogP contribution in [0.4, 0.5) is 0 Å². The number of amides is 1. The molecule has 0 spiro atoms. The van der Waals surface area contributed by atoms with Gasteiger partial charge < -0.3 is 26.8 Å². The normalized spacial score (nSPS) is 12.5. The van der Waals surface area contributed by atoms with E-state index >= 15 is 0 Å². The molecule has 0 aromatic rings. The van der Waals surface area contributed by atoms with Gasteiger partial charge in [-0.15, -0.1) is 0 Å². The lowest BCUT2D eigenvalue weighted by molar-refractivity contribution is -0.138. The second-order valence-corrected chi connectivity index (χ2v) is 3.98. The lowest BCUT2D eigenvalue weighted by Gasteiger charge is -2.26. The van der Waals surface area contributed by atoms with E-state index < -0.39 is 23.4 Å². The van der Waals surface area contributed by atoms with Gasteiger partial charge in [0.05, 0.1) is 13.0 Å². The van der Waals surface area contributed by atoms with E-state index in [1.54, 1.807) is 0 Å². The third-order valence-electron chi connectivity index (χ3n) is 2.03. The number of hydrogen-bond acceptors (Lipinski definition) is 5. The number of carbonyl (C=O) groups excluding carboxylic acids is 1. The summed E-state index contributed by atoms with van der Waals surface area (Å²) in [6.45, 7) is 2.70. The highest BCUT2D eigenvalue weighted by atomic mass is 16.4. The zero-order valence-corrected chi connectivity index (χ0v) is 9.56. The van der Waals surface area contributed by atoms with Crippen molar-refractivity contribution in [3.8, 4) is 0 Å². The predicted octanol–water partition coefficient (Wildman–Crippen LogP) is -0.881. The summed E-state index contributed by atoms with van der Waals surface area (Å²) >= 11 is 0. The van der Waals surface area contributed by atoms with Gasteiger partial charge in [-0.05, 0) is 0 Å². The maximum atomic E-state index is 11.3. The van der Waals surface area contributed by atoms with Crippen molar-refractivity contribution in [2.75, 3.05) is 13.2 Å². The molecular weight excluding hydrogens is 216 g/mol. The summed E-state index contributed by atoms with van der Waals surface area (Å²) in [7, 11) is 0. The Morgan fingerprint density at radius 2 is 1.88 bits per heavy atom. The molecule has 0 aliphatic rings. The van der Waals surface area contributed by atoms with Gasteiger partial charge in [0, 0.05) is 12.0 Å². The monoisotopic (exact) mass is 236 g/mol. The molecule has 0 aromatic heterocycles. The van der Waals surface area contributed by atoms with E-state index in [2.05, 4.69) is 5.32 Å². The molecule has 0 bridgehead atoms. The van der Waals surface area contributed by atoms with Gasteiger partial charge in [0.2, 0.25) is 5.91 Å². The van der Waals surface area contributed by atoms with E-state index in [1.165, 1.54) is 13.8 Å². The molecule has 1 atom stereocenters. The van der Waals surface area contributed by atoms with Gasteiger partial charge in [0.15, 0.2) is 0 Å². The second kappa shape index (κ2) is 7.15.